The van der Waals surface area contributed by atoms with Gasteiger partial charge in [-0.05, 0) is 30.2 Å². The molecular weight excluding hydrogens is 372 g/mol. The fourth-order valence-electron chi connectivity index (χ4n) is 4.81. The summed E-state index contributed by atoms with van der Waals surface area (Å²) in [5.74, 6) is 0.990. The minimum atomic E-state index is -0.596. The lowest BCUT2D eigenvalue weighted by Gasteiger charge is -2.49. The number of unbranched alkanes of at least 4 members (excludes halogenated alkanes) is 2. The van der Waals surface area contributed by atoms with Crippen LogP contribution in [0, 0.1) is 0 Å². The van der Waals surface area contributed by atoms with E-state index in [1.807, 2.05) is 18.2 Å². The molecule has 1 saturated heterocycles. The standard InChI is InChI=1S/C26H32N2O2/c1-4-5-10-19-30-23-14-9-6-11-20(23)15-17-26-25(2,3)21-12-7-8-13-22(21)28(26)18-16-24(29)27-26/h6-9,11-15,17H,4-5,10,16,18-19H2,1-3H3,(H,27,29)/b17-15+/t26-/m0/s1. The van der Waals surface area contributed by atoms with Gasteiger partial charge in [0.25, 0.3) is 0 Å². The van der Waals surface area contributed by atoms with Gasteiger partial charge in [0.1, 0.15) is 11.4 Å². The minimum absolute atomic E-state index is 0.0980. The van der Waals surface area contributed by atoms with Crippen molar-refractivity contribution in [3.05, 3.63) is 65.7 Å². The van der Waals surface area contributed by atoms with Gasteiger partial charge in [-0.1, -0.05) is 76.1 Å². The van der Waals surface area contributed by atoms with Crippen molar-refractivity contribution < 1.29 is 9.53 Å². The molecule has 0 saturated carbocycles. The van der Waals surface area contributed by atoms with Crippen LogP contribution in [-0.2, 0) is 10.2 Å². The number of carbonyl (C=O) groups is 1. The molecule has 4 nitrogen and oxygen atoms in total. The molecule has 30 heavy (non-hydrogen) atoms. The fraction of sp³-hybridized carbons (Fsp3) is 0.423. The number of hydrogen-bond donors (Lipinski definition) is 1. The molecule has 2 heterocycles. The van der Waals surface area contributed by atoms with E-state index in [0.717, 1.165) is 24.3 Å². The van der Waals surface area contributed by atoms with Gasteiger partial charge >= 0.3 is 0 Å². The minimum Gasteiger partial charge on any atom is -0.493 e. The molecule has 4 rings (SSSR count). The summed E-state index contributed by atoms with van der Waals surface area (Å²) in [6.45, 7) is 8.07. The summed E-state index contributed by atoms with van der Waals surface area (Å²) in [4.78, 5) is 14.9. The number of amides is 1. The summed E-state index contributed by atoms with van der Waals surface area (Å²) in [6, 6.07) is 16.6. The lowest BCUT2D eigenvalue weighted by Crippen LogP contribution is -2.68. The Morgan fingerprint density at radius 2 is 1.87 bits per heavy atom. The maximum atomic E-state index is 12.5. The van der Waals surface area contributed by atoms with Gasteiger partial charge in [-0.15, -0.1) is 0 Å². The summed E-state index contributed by atoms with van der Waals surface area (Å²) >= 11 is 0. The van der Waals surface area contributed by atoms with Gasteiger partial charge in [-0.3, -0.25) is 4.79 Å². The highest BCUT2D eigenvalue weighted by Gasteiger charge is 2.57. The van der Waals surface area contributed by atoms with Gasteiger partial charge in [-0.25, -0.2) is 0 Å². The topological polar surface area (TPSA) is 41.6 Å². The van der Waals surface area contributed by atoms with E-state index in [0.29, 0.717) is 13.0 Å². The Bertz CT molecular complexity index is 950. The first-order valence-electron chi connectivity index (χ1n) is 11.1. The largest absolute Gasteiger partial charge is 0.493 e. The van der Waals surface area contributed by atoms with Gasteiger partial charge < -0.3 is 15.0 Å². The average Bonchev–Trinajstić information content (AvgIpc) is 2.94. The average molecular weight is 405 g/mol. The van der Waals surface area contributed by atoms with Gasteiger partial charge in [0.15, 0.2) is 0 Å². The van der Waals surface area contributed by atoms with Gasteiger partial charge in [0, 0.05) is 29.6 Å². The summed E-state index contributed by atoms with van der Waals surface area (Å²) < 4.78 is 6.07. The van der Waals surface area contributed by atoms with Gasteiger partial charge in [-0.2, -0.15) is 0 Å². The number of nitrogens with one attached hydrogen (secondary N) is 1. The zero-order chi connectivity index (χ0) is 21.2. The first-order chi connectivity index (χ1) is 14.5. The van der Waals surface area contributed by atoms with Crippen molar-refractivity contribution >= 4 is 17.7 Å². The van der Waals surface area contributed by atoms with Crippen LogP contribution in [0.5, 0.6) is 5.75 Å². The highest BCUT2D eigenvalue weighted by Crippen LogP contribution is 2.52. The monoisotopic (exact) mass is 404 g/mol. The van der Waals surface area contributed by atoms with Crippen molar-refractivity contribution in [1.82, 2.24) is 5.32 Å². The molecule has 0 aliphatic carbocycles. The van der Waals surface area contributed by atoms with Crippen LogP contribution in [0.1, 0.15) is 57.6 Å². The van der Waals surface area contributed by atoms with E-state index >= 15 is 0 Å². The predicted molar refractivity (Wildman–Crippen MR) is 123 cm³/mol. The SMILES string of the molecule is CCCCCOc1ccccc1/C=C/[C@]12NC(=O)CCN1c1ccccc1C2(C)C. The molecule has 158 valence electrons. The first-order valence-corrected chi connectivity index (χ1v) is 11.1. The van der Waals surface area contributed by atoms with Crippen LogP contribution in [0.25, 0.3) is 6.08 Å². The van der Waals surface area contributed by atoms with Crippen molar-refractivity contribution in [3.63, 3.8) is 0 Å². The smallest absolute Gasteiger partial charge is 0.223 e. The van der Waals surface area contributed by atoms with Crippen molar-refractivity contribution in [1.29, 1.82) is 0 Å². The molecule has 1 fully saturated rings. The summed E-state index contributed by atoms with van der Waals surface area (Å²) in [5.41, 5.74) is 2.64. The number of hydrogen-bond acceptors (Lipinski definition) is 3. The van der Waals surface area contributed by atoms with E-state index in [4.69, 9.17) is 4.74 Å². The van der Waals surface area contributed by atoms with E-state index in [2.05, 4.69) is 73.5 Å². The molecule has 1 N–H and O–H groups in total. The van der Waals surface area contributed by atoms with Crippen molar-refractivity contribution in [2.24, 2.45) is 0 Å². The number of fused-ring (bicyclic) bond motifs is 3. The second-order valence-corrected chi connectivity index (χ2v) is 8.79. The Balaban J connectivity index is 1.69. The number of benzene rings is 2. The number of carbonyl (C=O) groups excluding carboxylic acids is 1. The molecule has 2 aromatic rings. The summed E-state index contributed by atoms with van der Waals surface area (Å²) in [6.07, 6.45) is 8.20. The van der Waals surface area contributed by atoms with E-state index in [1.54, 1.807) is 0 Å². The molecule has 0 aromatic heterocycles. The van der Waals surface area contributed by atoms with E-state index in [1.165, 1.54) is 24.1 Å². The molecule has 4 heteroatoms. The molecule has 0 unspecified atom stereocenters. The molecule has 2 aliphatic rings. The molecular formula is C26H32N2O2. The third kappa shape index (κ3) is 3.38. The van der Waals surface area contributed by atoms with Crippen LogP contribution in [0.2, 0.25) is 0 Å². The molecule has 2 aromatic carbocycles. The van der Waals surface area contributed by atoms with E-state index in [9.17, 15) is 4.79 Å². The van der Waals surface area contributed by atoms with Crippen molar-refractivity contribution in [2.75, 3.05) is 18.1 Å². The zero-order valence-electron chi connectivity index (χ0n) is 18.3. The molecule has 0 radical (unpaired) electrons. The van der Waals surface area contributed by atoms with Crippen molar-refractivity contribution in [3.8, 4) is 5.75 Å². The number of ether oxygens (including phenoxy) is 1. The normalized spacial score (nSPS) is 22.0. The number of rotatable bonds is 7. The number of nitrogens with zero attached hydrogens (tertiary/aromatic N) is 1. The highest BCUT2D eigenvalue weighted by molar-refractivity contribution is 5.84. The van der Waals surface area contributed by atoms with Crippen LogP contribution >= 0.6 is 0 Å². The van der Waals surface area contributed by atoms with E-state index < -0.39 is 5.66 Å². The Morgan fingerprint density at radius 1 is 1.10 bits per heavy atom. The van der Waals surface area contributed by atoms with Gasteiger partial charge in [0.05, 0.1) is 6.61 Å². The molecule has 1 amide bonds. The van der Waals surface area contributed by atoms with Crippen LogP contribution < -0.4 is 15.0 Å². The Hall–Kier alpha value is -2.75. The Kier molecular flexibility index (Phi) is 5.59. The number of anilines is 1. The Morgan fingerprint density at radius 3 is 2.70 bits per heavy atom. The third-order valence-electron chi connectivity index (χ3n) is 6.57. The van der Waals surface area contributed by atoms with Crippen LogP contribution in [0.3, 0.4) is 0 Å². The summed E-state index contributed by atoms with van der Waals surface area (Å²) in [5, 5.41) is 3.34. The third-order valence-corrected chi connectivity index (χ3v) is 6.57. The second kappa shape index (κ2) is 8.17. The fourth-order valence-corrected chi connectivity index (χ4v) is 4.81. The van der Waals surface area contributed by atoms with Crippen LogP contribution in [-0.4, -0.2) is 24.7 Å². The lowest BCUT2D eigenvalue weighted by molar-refractivity contribution is -0.124. The molecule has 2 aliphatic heterocycles. The Labute approximate surface area is 179 Å². The van der Waals surface area contributed by atoms with E-state index in [-0.39, 0.29) is 11.3 Å². The first kappa shape index (κ1) is 20.5. The number of para-hydroxylation sites is 2. The predicted octanol–water partition coefficient (Wildman–Crippen LogP) is 5.28. The quantitative estimate of drug-likeness (QED) is 0.638. The maximum Gasteiger partial charge on any atom is 0.223 e. The molecule has 0 bridgehead atoms. The van der Waals surface area contributed by atoms with Crippen LogP contribution in [0.4, 0.5) is 5.69 Å². The maximum absolute atomic E-state index is 12.5. The van der Waals surface area contributed by atoms with Gasteiger partial charge in [0.2, 0.25) is 5.91 Å². The molecule has 0 spiro atoms. The second-order valence-electron chi connectivity index (χ2n) is 8.79. The van der Waals surface area contributed by atoms with Crippen molar-refractivity contribution in [2.45, 2.75) is 57.5 Å². The lowest BCUT2D eigenvalue weighted by atomic mass is 9.74. The molecule has 1 atom stereocenters. The zero-order valence-corrected chi connectivity index (χ0v) is 18.3. The summed E-state index contributed by atoms with van der Waals surface area (Å²) in [7, 11) is 0. The van der Waals surface area contributed by atoms with Crippen LogP contribution in [0.15, 0.2) is 54.6 Å². The highest BCUT2D eigenvalue weighted by atomic mass is 16.5.